The second kappa shape index (κ2) is 7.93. The Morgan fingerprint density at radius 3 is 1.97 bits per heavy atom. The van der Waals surface area contributed by atoms with Crippen LogP contribution in [0.25, 0.3) is 0 Å². The van der Waals surface area contributed by atoms with Gasteiger partial charge in [0.05, 0.1) is 21.3 Å². The molecule has 2 atom stereocenters. The molecule has 0 saturated carbocycles. The normalized spacial score (nSPS) is 23.0. The molecule has 2 aliphatic rings. The number of benzene rings is 2. The Morgan fingerprint density at radius 1 is 0.931 bits per heavy atom. The number of hydrogen-bond acceptors (Lipinski definition) is 4. The zero-order valence-corrected chi connectivity index (χ0v) is 17.0. The summed E-state index contributed by atoms with van der Waals surface area (Å²) in [6, 6.07) is 10.6. The lowest BCUT2D eigenvalue weighted by Crippen LogP contribution is -2.46. The zero-order chi connectivity index (χ0) is 20.5. The molecular weight excluding hydrogens is 373 g/mol. The van der Waals surface area contributed by atoms with Crippen molar-refractivity contribution >= 4 is 5.91 Å². The van der Waals surface area contributed by atoms with Gasteiger partial charge in [0.2, 0.25) is 5.75 Å². The first-order chi connectivity index (χ1) is 14.0. The smallest absolute Gasteiger partial charge is 0.254 e. The van der Waals surface area contributed by atoms with E-state index in [0.29, 0.717) is 28.7 Å². The van der Waals surface area contributed by atoms with Gasteiger partial charge in [0.1, 0.15) is 5.82 Å². The molecule has 2 fully saturated rings. The molecule has 154 valence electrons. The predicted octanol–water partition coefficient (Wildman–Crippen LogP) is 4.40. The van der Waals surface area contributed by atoms with Crippen molar-refractivity contribution in [3.8, 4) is 17.2 Å². The fraction of sp³-hybridized carbons (Fsp3) is 0.435. The van der Waals surface area contributed by atoms with Gasteiger partial charge in [-0.2, -0.15) is 0 Å². The lowest BCUT2D eigenvalue weighted by atomic mass is 9.84. The van der Waals surface area contributed by atoms with Crippen LogP contribution in [-0.2, 0) is 0 Å². The largest absolute Gasteiger partial charge is 0.493 e. The summed E-state index contributed by atoms with van der Waals surface area (Å²) < 4.78 is 29.4. The summed E-state index contributed by atoms with van der Waals surface area (Å²) in [5.74, 6) is 1.56. The number of methoxy groups -OCH3 is 3. The Labute approximate surface area is 170 Å². The maximum Gasteiger partial charge on any atom is 0.254 e. The molecule has 0 unspecified atom stereocenters. The summed E-state index contributed by atoms with van der Waals surface area (Å²) in [7, 11) is 4.63. The topological polar surface area (TPSA) is 48.0 Å². The molecule has 0 N–H and O–H groups in total. The number of piperidine rings is 1. The van der Waals surface area contributed by atoms with Crippen molar-refractivity contribution in [2.45, 2.75) is 43.7 Å². The zero-order valence-electron chi connectivity index (χ0n) is 17.0. The van der Waals surface area contributed by atoms with Crippen molar-refractivity contribution in [2.24, 2.45) is 0 Å². The molecule has 29 heavy (non-hydrogen) atoms. The van der Waals surface area contributed by atoms with E-state index in [9.17, 15) is 9.18 Å². The van der Waals surface area contributed by atoms with Crippen LogP contribution in [0.5, 0.6) is 17.2 Å². The maximum atomic E-state index is 13.4. The molecule has 2 aromatic carbocycles. The van der Waals surface area contributed by atoms with Crippen LogP contribution >= 0.6 is 0 Å². The second-order valence-corrected chi connectivity index (χ2v) is 7.73. The monoisotopic (exact) mass is 399 g/mol. The first-order valence-corrected chi connectivity index (χ1v) is 9.93. The summed E-state index contributed by atoms with van der Waals surface area (Å²) in [5.41, 5.74) is 1.69. The van der Waals surface area contributed by atoms with E-state index in [1.54, 1.807) is 33.5 Å². The fourth-order valence-corrected chi connectivity index (χ4v) is 4.87. The highest BCUT2D eigenvalue weighted by molar-refractivity contribution is 5.96. The molecule has 2 aliphatic heterocycles. The molecule has 5 nitrogen and oxygen atoms in total. The van der Waals surface area contributed by atoms with Gasteiger partial charge in [-0.05, 0) is 61.4 Å². The van der Waals surface area contributed by atoms with E-state index in [2.05, 4.69) is 0 Å². The Balaban J connectivity index is 1.58. The summed E-state index contributed by atoms with van der Waals surface area (Å²) in [6.07, 6.45) is 3.80. The van der Waals surface area contributed by atoms with E-state index in [1.807, 2.05) is 17.0 Å². The van der Waals surface area contributed by atoms with Crippen LogP contribution in [0.1, 0.15) is 47.5 Å². The van der Waals surface area contributed by atoms with Crippen LogP contribution in [-0.4, -0.2) is 44.2 Å². The SMILES string of the molecule is COc1cc(C(=O)N2[C@@H]3CC[C@@H]2CC(c2ccc(F)cc2)C3)cc(OC)c1OC. The van der Waals surface area contributed by atoms with Gasteiger partial charge in [-0.15, -0.1) is 0 Å². The Kier molecular flexibility index (Phi) is 5.35. The van der Waals surface area contributed by atoms with Crippen LogP contribution in [0.3, 0.4) is 0 Å². The third-order valence-electron chi connectivity index (χ3n) is 6.22. The Hall–Kier alpha value is -2.76. The summed E-state index contributed by atoms with van der Waals surface area (Å²) in [5, 5.41) is 0. The number of halogens is 1. The average Bonchev–Trinajstić information content (AvgIpc) is 3.01. The number of amides is 1. The third kappa shape index (κ3) is 3.52. The minimum atomic E-state index is -0.216. The molecule has 0 aliphatic carbocycles. The number of carbonyl (C=O) groups is 1. The number of hydrogen-bond donors (Lipinski definition) is 0. The number of nitrogens with zero attached hydrogens (tertiary/aromatic N) is 1. The molecule has 2 aromatic rings. The van der Waals surface area contributed by atoms with Crippen LogP contribution in [0.15, 0.2) is 36.4 Å². The second-order valence-electron chi connectivity index (χ2n) is 7.73. The van der Waals surface area contributed by atoms with Crippen molar-refractivity contribution in [3.05, 3.63) is 53.3 Å². The van der Waals surface area contributed by atoms with Gasteiger partial charge in [0.15, 0.2) is 11.5 Å². The highest BCUT2D eigenvalue weighted by Gasteiger charge is 2.44. The van der Waals surface area contributed by atoms with Gasteiger partial charge in [0, 0.05) is 17.6 Å². The average molecular weight is 399 g/mol. The molecule has 0 spiro atoms. The van der Waals surface area contributed by atoms with Crippen LogP contribution in [0.4, 0.5) is 4.39 Å². The van der Waals surface area contributed by atoms with Gasteiger partial charge in [-0.3, -0.25) is 4.79 Å². The van der Waals surface area contributed by atoms with E-state index in [1.165, 1.54) is 12.1 Å². The number of rotatable bonds is 5. The number of fused-ring (bicyclic) bond motifs is 2. The van der Waals surface area contributed by atoms with E-state index < -0.39 is 0 Å². The fourth-order valence-electron chi connectivity index (χ4n) is 4.87. The Bertz CT molecular complexity index is 859. The standard InChI is InChI=1S/C23H26FNO4/c1-27-20-12-16(13-21(28-2)22(20)29-3)23(26)25-18-8-9-19(25)11-15(10-18)14-4-6-17(24)7-5-14/h4-7,12-13,15,18-19H,8-11H2,1-3H3/t18-,19-/m1/s1. The quantitative estimate of drug-likeness (QED) is 0.748. The highest BCUT2D eigenvalue weighted by Crippen LogP contribution is 2.45. The van der Waals surface area contributed by atoms with Crippen LogP contribution in [0, 0.1) is 5.82 Å². The van der Waals surface area contributed by atoms with E-state index in [0.717, 1.165) is 31.2 Å². The molecule has 2 heterocycles. The van der Waals surface area contributed by atoms with Gasteiger partial charge in [-0.25, -0.2) is 4.39 Å². The van der Waals surface area contributed by atoms with E-state index >= 15 is 0 Å². The summed E-state index contributed by atoms with van der Waals surface area (Å²) in [6.45, 7) is 0. The maximum absolute atomic E-state index is 13.4. The molecule has 0 aromatic heterocycles. The molecule has 0 radical (unpaired) electrons. The molecule has 2 saturated heterocycles. The van der Waals surface area contributed by atoms with Crippen molar-refractivity contribution in [3.63, 3.8) is 0 Å². The van der Waals surface area contributed by atoms with Crippen LogP contribution in [0.2, 0.25) is 0 Å². The predicted molar refractivity (Wildman–Crippen MR) is 107 cm³/mol. The minimum Gasteiger partial charge on any atom is -0.493 e. The van der Waals surface area contributed by atoms with Gasteiger partial charge >= 0.3 is 0 Å². The summed E-state index contributed by atoms with van der Waals surface area (Å²) >= 11 is 0. The molecule has 6 heteroatoms. The first-order valence-electron chi connectivity index (χ1n) is 9.93. The minimum absolute atomic E-state index is 0.00527. The number of ether oxygens (including phenoxy) is 3. The molecule has 2 bridgehead atoms. The Morgan fingerprint density at radius 2 is 1.48 bits per heavy atom. The number of carbonyl (C=O) groups excluding carboxylic acids is 1. The third-order valence-corrected chi connectivity index (χ3v) is 6.22. The molecule has 4 rings (SSSR count). The van der Waals surface area contributed by atoms with Gasteiger partial charge in [0.25, 0.3) is 5.91 Å². The van der Waals surface area contributed by atoms with E-state index in [-0.39, 0.29) is 23.8 Å². The highest BCUT2D eigenvalue weighted by atomic mass is 19.1. The lowest BCUT2D eigenvalue weighted by molar-refractivity contribution is 0.0570. The van der Waals surface area contributed by atoms with Gasteiger partial charge < -0.3 is 19.1 Å². The lowest BCUT2D eigenvalue weighted by Gasteiger charge is -2.39. The molecule has 1 amide bonds. The van der Waals surface area contributed by atoms with Gasteiger partial charge in [-0.1, -0.05) is 12.1 Å². The van der Waals surface area contributed by atoms with Crippen LogP contribution < -0.4 is 14.2 Å². The first kappa shape index (κ1) is 19.6. The summed E-state index contributed by atoms with van der Waals surface area (Å²) in [4.78, 5) is 15.4. The van der Waals surface area contributed by atoms with Crippen molar-refractivity contribution < 1.29 is 23.4 Å². The van der Waals surface area contributed by atoms with Crippen molar-refractivity contribution in [2.75, 3.05) is 21.3 Å². The van der Waals surface area contributed by atoms with E-state index in [4.69, 9.17) is 14.2 Å². The van der Waals surface area contributed by atoms with Crippen molar-refractivity contribution in [1.82, 2.24) is 4.90 Å². The van der Waals surface area contributed by atoms with Crippen molar-refractivity contribution in [1.29, 1.82) is 0 Å². The molecular formula is C23H26FNO4.